The van der Waals surface area contributed by atoms with E-state index in [-0.39, 0.29) is 5.82 Å². The molecule has 0 aliphatic heterocycles. The van der Waals surface area contributed by atoms with Gasteiger partial charge in [-0.25, -0.2) is 19.3 Å². The van der Waals surface area contributed by atoms with Crippen LogP contribution in [0.3, 0.4) is 0 Å². The molecule has 0 fully saturated rings. The van der Waals surface area contributed by atoms with Gasteiger partial charge in [-0.15, -0.1) is 11.3 Å². The lowest BCUT2D eigenvalue weighted by atomic mass is 10.1. The molecule has 0 radical (unpaired) electrons. The molecule has 0 saturated carbocycles. The molecule has 6 heteroatoms. The molecule has 0 unspecified atom stereocenters. The van der Waals surface area contributed by atoms with Crippen molar-refractivity contribution in [3.8, 4) is 33.3 Å². The van der Waals surface area contributed by atoms with Gasteiger partial charge >= 0.3 is 0 Å². The minimum Gasteiger partial charge on any atom is -0.441 e. The number of thiophene rings is 1. The van der Waals surface area contributed by atoms with Gasteiger partial charge < -0.3 is 4.42 Å². The van der Waals surface area contributed by atoms with Gasteiger partial charge in [-0.3, -0.25) is 0 Å². The van der Waals surface area contributed by atoms with Crippen LogP contribution in [0, 0.1) is 19.7 Å². The Balaban J connectivity index is 1.72. The molecule has 0 spiro atoms. The zero-order chi connectivity index (χ0) is 20.0. The molecule has 0 N–H and O–H groups in total. The molecule has 5 aromatic rings. The third-order valence-electron chi connectivity index (χ3n) is 4.81. The predicted octanol–water partition coefficient (Wildman–Crippen LogP) is 6.44. The second kappa shape index (κ2) is 6.90. The minimum absolute atomic E-state index is 0.277. The fourth-order valence-electron chi connectivity index (χ4n) is 3.18. The summed E-state index contributed by atoms with van der Waals surface area (Å²) in [5.41, 5.74) is 5.57. The number of nitrogens with zero attached hydrogens (tertiary/aromatic N) is 3. The van der Waals surface area contributed by atoms with Crippen LogP contribution in [0.15, 0.2) is 64.4 Å². The van der Waals surface area contributed by atoms with E-state index >= 15 is 0 Å². The Bertz CT molecular complexity index is 1310. The van der Waals surface area contributed by atoms with E-state index in [9.17, 15) is 4.39 Å². The van der Waals surface area contributed by atoms with Crippen molar-refractivity contribution in [3.05, 3.63) is 77.2 Å². The molecule has 0 saturated heterocycles. The highest BCUT2D eigenvalue weighted by molar-refractivity contribution is 7.13. The van der Waals surface area contributed by atoms with Crippen molar-refractivity contribution in [2.24, 2.45) is 0 Å². The molecule has 29 heavy (non-hydrogen) atoms. The Morgan fingerprint density at radius 3 is 2.28 bits per heavy atom. The van der Waals surface area contributed by atoms with Gasteiger partial charge in [0.05, 0.1) is 27.3 Å². The first kappa shape index (κ1) is 17.7. The Kier molecular flexibility index (Phi) is 4.21. The van der Waals surface area contributed by atoms with Gasteiger partial charge in [0.1, 0.15) is 17.3 Å². The summed E-state index contributed by atoms with van der Waals surface area (Å²) in [6.45, 7) is 3.82. The molecule has 2 aromatic carbocycles. The highest BCUT2D eigenvalue weighted by Crippen LogP contribution is 2.34. The normalized spacial score (nSPS) is 11.3. The Morgan fingerprint density at radius 2 is 1.59 bits per heavy atom. The zero-order valence-electron chi connectivity index (χ0n) is 15.8. The van der Waals surface area contributed by atoms with Gasteiger partial charge in [-0.1, -0.05) is 6.07 Å². The van der Waals surface area contributed by atoms with Gasteiger partial charge in [-0.05, 0) is 67.8 Å². The highest BCUT2D eigenvalue weighted by atomic mass is 32.1. The van der Waals surface area contributed by atoms with Crippen LogP contribution < -0.4 is 0 Å². The zero-order valence-corrected chi connectivity index (χ0v) is 16.6. The van der Waals surface area contributed by atoms with Crippen LogP contribution in [0.5, 0.6) is 0 Å². The molecule has 0 bridgehead atoms. The molecule has 142 valence electrons. The molecule has 4 nitrogen and oxygen atoms in total. The number of aromatic nitrogens is 3. The number of hydrogen-bond donors (Lipinski definition) is 0. The van der Waals surface area contributed by atoms with E-state index in [1.54, 1.807) is 23.5 Å². The number of hydrogen-bond acceptors (Lipinski definition) is 5. The van der Waals surface area contributed by atoms with E-state index in [4.69, 9.17) is 14.4 Å². The van der Waals surface area contributed by atoms with Crippen LogP contribution in [0.2, 0.25) is 0 Å². The molecule has 5 rings (SSSR count). The van der Waals surface area contributed by atoms with Crippen LogP contribution in [-0.4, -0.2) is 15.0 Å². The summed E-state index contributed by atoms with van der Waals surface area (Å²) in [6.07, 6.45) is 0. The van der Waals surface area contributed by atoms with E-state index in [0.29, 0.717) is 5.89 Å². The SMILES string of the molecule is Cc1nc(-c2ccc3nc(-c4ccc(F)cc4)c(-c4cccs4)nc3c2)oc1C. The topological polar surface area (TPSA) is 51.8 Å². The lowest BCUT2D eigenvalue weighted by molar-refractivity contribution is 0.541. The Hall–Kier alpha value is -3.38. The number of aryl methyl sites for hydroxylation is 2. The lowest BCUT2D eigenvalue weighted by Crippen LogP contribution is -1.95. The first-order valence-corrected chi connectivity index (χ1v) is 10.0. The molecular weight excluding hydrogens is 385 g/mol. The van der Waals surface area contributed by atoms with E-state index in [2.05, 4.69) is 4.98 Å². The van der Waals surface area contributed by atoms with Crippen molar-refractivity contribution in [2.75, 3.05) is 0 Å². The van der Waals surface area contributed by atoms with Gasteiger partial charge in [0, 0.05) is 11.1 Å². The summed E-state index contributed by atoms with van der Waals surface area (Å²) in [4.78, 5) is 15.3. The van der Waals surface area contributed by atoms with Gasteiger partial charge in [0.25, 0.3) is 0 Å². The van der Waals surface area contributed by atoms with Crippen LogP contribution in [0.25, 0.3) is 44.3 Å². The maximum absolute atomic E-state index is 13.4. The van der Waals surface area contributed by atoms with Crippen molar-refractivity contribution in [1.29, 1.82) is 0 Å². The Labute approximate surface area is 170 Å². The quantitative estimate of drug-likeness (QED) is 0.349. The average Bonchev–Trinajstić information content (AvgIpc) is 3.38. The molecular formula is C23H16FN3OS. The van der Waals surface area contributed by atoms with Crippen LogP contribution in [-0.2, 0) is 0 Å². The minimum atomic E-state index is -0.277. The van der Waals surface area contributed by atoms with Crippen molar-refractivity contribution < 1.29 is 8.81 Å². The van der Waals surface area contributed by atoms with Crippen molar-refractivity contribution >= 4 is 22.4 Å². The third kappa shape index (κ3) is 3.21. The molecule has 0 aliphatic rings. The van der Waals surface area contributed by atoms with Crippen molar-refractivity contribution in [3.63, 3.8) is 0 Å². The van der Waals surface area contributed by atoms with Crippen LogP contribution in [0.4, 0.5) is 4.39 Å². The number of halogens is 1. The molecule has 3 aromatic heterocycles. The van der Waals surface area contributed by atoms with Crippen LogP contribution in [0.1, 0.15) is 11.5 Å². The third-order valence-corrected chi connectivity index (χ3v) is 5.69. The summed E-state index contributed by atoms with van der Waals surface area (Å²) < 4.78 is 19.2. The average molecular weight is 401 g/mol. The van der Waals surface area contributed by atoms with Gasteiger partial charge in [0.2, 0.25) is 5.89 Å². The number of oxazole rings is 1. The molecule has 3 heterocycles. The van der Waals surface area contributed by atoms with Crippen molar-refractivity contribution in [2.45, 2.75) is 13.8 Å². The van der Waals surface area contributed by atoms with Crippen LogP contribution >= 0.6 is 11.3 Å². The van der Waals surface area contributed by atoms with Gasteiger partial charge in [-0.2, -0.15) is 0 Å². The summed E-state index contributed by atoms with van der Waals surface area (Å²) in [6, 6.07) is 16.1. The summed E-state index contributed by atoms with van der Waals surface area (Å²) in [5, 5.41) is 2.00. The van der Waals surface area contributed by atoms with Gasteiger partial charge in [0.15, 0.2) is 0 Å². The number of benzene rings is 2. The van der Waals surface area contributed by atoms with E-state index in [1.165, 1.54) is 12.1 Å². The monoisotopic (exact) mass is 401 g/mol. The summed E-state index contributed by atoms with van der Waals surface area (Å²) in [7, 11) is 0. The molecule has 0 atom stereocenters. The fourth-order valence-corrected chi connectivity index (χ4v) is 3.89. The largest absolute Gasteiger partial charge is 0.441 e. The second-order valence-electron chi connectivity index (χ2n) is 6.77. The highest BCUT2D eigenvalue weighted by Gasteiger charge is 2.16. The smallest absolute Gasteiger partial charge is 0.226 e. The maximum atomic E-state index is 13.4. The standard InChI is InChI=1S/C23H16FN3OS/c1-13-14(2)28-23(25-13)16-7-10-18-19(12-16)27-22(20-4-3-11-29-20)21(26-18)15-5-8-17(24)9-6-15/h3-12H,1-2H3. The number of rotatable bonds is 3. The predicted molar refractivity (Wildman–Crippen MR) is 113 cm³/mol. The summed E-state index contributed by atoms with van der Waals surface area (Å²) >= 11 is 1.59. The lowest BCUT2D eigenvalue weighted by Gasteiger charge is -2.10. The van der Waals surface area contributed by atoms with E-state index in [1.807, 2.05) is 49.6 Å². The first-order valence-electron chi connectivity index (χ1n) is 9.14. The summed E-state index contributed by atoms with van der Waals surface area (Å²) in [5.74, 6) is 1.10. The first-order chi connectivity index (χ1) is 14.1. The fraction of sp³-hybridized carbons (Fsp3) is 0.0870. The maximum Gasteiger partial charge on any atom is 0.226 e. The van der Waals surface area contributed by atoms with Crippen molar-refractivity contribution in [1.82, 2.24) is 15.0 Å². The number of fused-ring (bicyclic) bond motifs is 1. The van der Waals surface area contributed by atoms with E-state index < -0.39 is 0 Å². The molecule has 0 amide bonds. The van der Waals surface area contributed by atoms with E-state index in [0.717, 1.165) is 49.9 Å². The second-order valence-corrected chi connectivity index (χ2v) is 7.72. The Morgan fingerprint density at radius 1 is 0.828 bits per heavy atom. The molecule has 0 aliphatic carbocycles.